The molecule has 4 nitrogen and oxygen atoms in total. The van der Waals surface area contributed by atoms with E-state index in [2.05, 4.69) is 12.2 Å². The van der Waals surface area contributed by atoms with Crippen LogP contribution in [0.25, 0.3) is 0 Å². The third-order valence-electron chi connectivity index (χ3n) is 4.48. The molecule has 3 atom stereocenters. The first-order chi connectivity index (χ1) is 10.2. The summed E-state index contributed by atoms with van der Waals surface area (Å²) in [5.41, 5.74) is 0.362. The highest BCUT2D eigenvalue weighted by Gasteiger charge is 2.36. The van der Waals surface area contributed by atoms with Crippen LogP contribution in [-0.4, -0.2) is 26.8 Å². The Morgan fingerprint density at radius 1 is 1.14 bits per heavy atom. The number of ether oxygens (including phenoxy) is 3. The predicted octanol–water partition coefficient (Wildman–Crippen LogP) is 3.07. The molecule has 0 amide bonds. The van der Waals surface area contributed by atoms with Gasteiger partial charge >= 0.3 is 5.97 Å². The molecular weight excluding hydrogens is 268 g/mol. The molecule has 21 heavy (non-hydrogen) atoms. The van der Waals surface area contributed by atoms with Gasteiger partial charge in [0.1, 0.15) is 17.1 Å². The Morgan fingerprint density at radius 3 is 2.38 bits per heavy atom. The van der Waals surface area contributed by atoms with Crippen LogP contribution in [-0.2, 0) is 4.74 Å². The lowest BCUT2D eigenvalue weighted by Crippen LogP contribution is -2.18. The summed E-state index contributed by atoms with van der Waals surface area (Å²) in [4.78, 5) is 12.4. The fourth-order valence-electron chi connectivity index (χ4n) is 3.39. The molecule has 3 rings (SSSR count). The lowest BCUT2D eigenvalue weighted by Gasteiger charge is -2.18. The molecule has 3 unspecified atom stereocenters. The second kappa shape index (κ2) is 5.80. The molecule has 4 heteroatoms. The van der Waals surface area contributed by atoms with Gasteiger partial charge in [0, 0.05) is 0 Å². The lowest BCUT2D eigenvalue weighted by atomic mass is 9.95. The van der Waals surface area contributed by atoms with E-state index in [1.54, 1.807) is 18.2 Å². The number of benzene rings is 1. The molecule has 2 aliphatic carbocycles. The van der Waals surface area contributed by atoms with Gasteiger partial charge in [0.2, 0.25) is 0 Å². The Morgan fingerprint density at radius 2 is 1.86 bits per heavy atom. The van der Waals surface area contributed by atoms with Gasteiger partial charge in [-0.3, -0.25) is 0 Å². The quantitative estimate of drug-likeness (QED) is 0.617. The van der Waals surface area contributed by atoms with Crippen molar-refractivity contribution in [3.8, 4) is 11.5 Å². The first kappa shape index (κ1) is 14.0. The van der Waals surface area contributed by atoms with Crippen molar-refractivity contribution in [1.29, 1.82) is 0 Å². The van der Waals surface area contributed by atoms with Crippen molar-refractivity contribution >= 4 is 5.97 Å². The zero-order chi connectivity index (χ0) is 14.8. The molecular formula is C17H20O4. The number of fused-ring (bicyclic) bond motifs is 2. The van der Waals surface area contributed by atoms with Crippen molar-refractivity contribution in [3.05, 3.63) is 35.9 Å². The van der Waals surface area contributed by atoms with Gasteiger partial charge in [-0.2, -0.15) is 0 Å². The van der Waals surface area contributed by atoms with Crippen molar-refractivity contribution in [2.75, 3.05) is 20.8 Å². The highest BCUT2D eigenvalue weighted by molar-refractivity contribution is 5.95. The standard InChI is InChI=1S/C17H20O4/c1-19-14-4-3-5-15(20-2)16(14)17(18)21-10-13-9-11-6-7-12(13)8-11/h3-7,11-13H,8-10H2,1-2H3. The molecule has 2 bridgehead atoms. The number of allylic oxidation sites excluding steroid dienone is 2. The number of carbonyl (C=O) groups is 1. The molecule has 0 radical (unpaired) electrons. The Balaban J connectivity index is 1.69. The summed E-state index contributed by atoms with van der Waals surface area (Å²) in [5.74, 6) is 2.28. The molecule has 0 aliphatic heterocycles. The molecule has 1 saturated carbocycles. The Labute approximate surface area is 124 Å². The van der Waals surface area contributed by atoms with E-state index in [1.807, 2.05) is 0 Å². The minimum Gasteiger partial charge on any atom is -0.496 e. The number of carbonyl (C=O) groups excluding carboxylic acids is 1. The summed E-state index contributed by atoms with van der Waals surface area (Å²) in [5, 5.41) is 0. The van der Waals surface area contributed by atoms with Gasteiger partial charge in [-0.05, 0) is 42.7 Å². The maximum atomic E-state index is 12.4. The SMILES string of the molecule is COc1cccc(OC)c1C(=O)OCC1CC2C=CC1C2. The van der Waals surface area contributed by atoms with Crippen molar-refractivity contribution < 1.29 is 19.0 Å². The van der Waals surface area contributed by atoms with Crippen molar-refractivity contribution in [2.45, 2.75) is 12.8 Å². The smallest absolute Gasteiger partial charge is 0.345 e. The molecule has 112 valence electrons. The third-order valence-corrected chi connectivity index (χ3v) is 4.48. The van der Waals surface area contributed by atoms with E-state index in [-0.39, 0.29) is 5.97 Å². The largest absolute Gasteiger partial charge is 0.496 e. The molecule has 2 aliphatic rings. The molecule has 1 aromatic rings. The van der Waals surface area contributed by atoms with Crippen molar-refractivity contribution in [3.63, 3.8) is 0 Å². The van der Waals surface area contributed by atoms with E-state index in [9.17, 15) is 4.79 Å². The van der Waals surface area contributed by atoms with E-state index < -0.39 is 0 Å². The van der Waals surface area contributed by atoms with E-state index in [0.717, 1.165) is 6.42 Å². The summed E-state index contributed by atoms with van der Waals surface area (Å²) in [6.45, 7) is 0.464. The number of hydrogen-bond acceptors (Lipinski definition) is 4. The molecule has 0 heterocycles. The molecule has 0 N–H and O–H groups in total. The molecule has 1 aromatic carbocycles. The van der Waals surface area contributed by atoms with Crippen molar-refractivity contribution in [2.24, 2.45) is 17.8 Å². The van der Waals surface area contributed by atoms with Gasteiger partial charge in [0.25, 0.3) is 0 Å². The van der Waals surface area contributed by atoms with Gasteiger partial charge in [-0.25, -0.2) is 4.79 Å². The number of methoxy groups -OCH3 is 2. The topological polar surface area (TPSA) is 44.8 Å². The van der Waals surface area contributed by atoms with Crippen molar-refractivity contribution in [1.82, 2.24) is 0 Å². The number of esters is 1. The van der Waals surface area contributed by atoms with E-state index in [4.69, 9.17) is 14.2 Å². The summed E-state index contributed by atoms with van der Waals surface area (Å²) >= 11 is 0. The van der Waals surface area contributed by atoms with Gasteiger partial charge in [0.15, 0.2) is 0 Å². The van der Waals surface area contributed by atoms with E-state index >= 15 is 0 Å². The fraction of sp³-hybridized carbons (Fsp3) is 0.471. The molecule has 1 fully saturated rings. The minimum atomic E-state index is -0.379. The van der Waals surface area contributed by atoms with Crippen LogP contribution in [0.1, 0.15) is 23.2 Å². The first-order valence-electron chi connectivity index (χ1n) is 7.29. The highest BCUT2D eigenvalue weighted by Crippen LogP contribution is 2.43. The highest BCUT2D eigenvalue weighted by atomic mass is 16.5. The average molecular weight is 288 g/mol. The third kappa shape index (κ3) is 2.62. The summed E-state index contributed by atoms with van der Waals surface area (Å²) in [6, 6.07) is 5.26. The predicted molar refractivity (Wildman–Crippen MR) is 78.7 cm³/mol. The first-order valence-corrected chi connectivity index (χ1v) is 7.29. The average Bonchev–Trinajstić information content (AvgIpc) is 3.14. The Bertz CT molecular complexity index is 542. The van der Waals surface area contributed by atoms with Crippen LogP contribution in [0.15, 0.2) is 30.4 Å². The van der Waals surface area contributed by atoms with Crippen LogP contribution in [0.4, 0.5) is 0 Å². The minimum absolute atomic E-state index is 0.362. The molecule has 0 saturated heterocycles. The maximum Gasteiger partial charge on any atom is 0.345 e. The molecule has 0 aromatic heterocycles. The molecule has 0 spiro atoms. The van der Waals surface area contributed by atoms with Gasteiger partial charge in [0.05, 0.1) is 20.8 Å². The van der Waals surface area contributed by atoms with Crippen LogP contribution in [0, 0.1) is 17.8 Å². The van der Waals surface area contributed by atoms with Gasteiger partial charge in [-0.15, -0.1) is 0 Å². The van der Waals surface area contributed by atoms with E-state index in [0.29, 0.717) is 41.4 Å². The normalized spacial score (nSPS) is 25.9. The summed E-state index contributed by atoms with van der Waals surface area (Å²) < 4.78 is 16.0. The second-order valence-electron chi connectivity index (χ2n) is 5.68. The fourth-order valence-corrected chi connectivity index (χ4v) is 3.39. The Kier molecular flexibility index (Phi) is 3.86. The number of hydrogen-bond donors (Lipinski definition) is 0. The number of rotatable bonds is 5. The second-order valence-corrected chi connectivity index (χ2v) is 5.68. The summed E-state index contributed by atoms with van der Waals surface area (Å²) in [7, 11) is 3.07. The Hall–Kier alpha value is -1.97. The zero-order valence-corrected chi connectivity index (χ0v) is 12.4. The zero-order valence-electron chi connectivity index (χ0n) is 12.4. The van der Waals surface area contributed by atoms with Gasteiger partial charge in [-0.1, -0.05) is 18.2 Å². The lowest BCUT2D eigenvalue weighted by molar-refractivity contribution is 0.0413. The van der Waals surface area contributed by atoms with Crippen LogP contribution >= 0.6 is 0 Å². The maximum absolute atomic E-state index is 12.4. The van der Waals surface area contributed by atoms with Crippen LogP contribution in [0.3, 0.4) is 0 Å². The summed E-state index contributed by atoms with van der Waals surface area (Å²) in [6.07, 6.45) is 6.88. The van der Waals surface area contributed by atoms with E-state index in [1.165, 1.54) is 20.6 Å². The van der Waals surface area contributed by atoms with Gasteiger partial charge < -0.3 is 14.2 Å². The van der Waals surface area contributed by atoms with Crippen LogP contribution in [0.5, 0.6) is 11.5 Å². The van der Waals surface area contributed by atoms with Crippen LogP contribution in [0.2, 0.25) is 0 Å². The monoisotopic (exact) mass is 288 g/mol. The van der Waals surface area contributed by atoms with Crippen LogP contribution < -0.4 is 9.47 Å².